The minimum absolute atomic E-state index is 0.0536. The fourth-order valence-electron chi connectivity index (χ4n) is 2.16. The summed E-state index contributed by atoms with van der Waals surface area (Å²) >= 11 is 5.69. The topological polar surface area (TPSA) is 47.6 Å². The first-order valence-corrected chi connectivity index (χ1v) is 7.86. The van der Waals surface area contributed by atoms with Crippen LogP contribution in [0.15, 0.2) is 42.5 Å². The average Bonchev–Trinajstić information content (AvgIpc) is 2.55. The van der Waals surface area contributed by atoms with E-state index >= 15 is 0 Å². The first kappa shape index (κ1) is 18.1. The highest BCUT2D eigenvalue weighted by Crippen LogP contribution is 2.25. The number of amides is 1. The normalized spacial score (nSPS) is 11.7. The van der Waals surface area contributed by atoms with E-state index in [1.807, 2.05) is 19.1 Å². The summed E-state index contributed by atoms with van der Waals surface area (Å²) in [5.41, 5.74) is 0.301. The summed E-state index contributed by atoms with van der Waals surface area (Å²) in [5, 5.41) is 3.07. The van der Waals surface area contributed by atoms with Gasteiger partial charge < -0.3 is 14.8 Å². The molecule has 2 aromatic carbocycles. The Labute approximate surface area is 145 Å². The highest BCUT2D eigenvalue weighted by atomic mass is 35.5. The Balaban J connectivity index is 1.85. The molecule has 0 bridgehead atoms. The number of nitrogens with one attached hydrogen (secondary N) is 1. The van der Waals surface area contributed by atoms with Gasteiger partial charge in [0.2, 0.25) is 5.91 Å². The van der Waals surface area contributed by atoms with Crippen molar-refractivity contribution < 1.29 is 18.7 Å². The van der Waals surface area contributed by atoms with Crippen molar-refractivity contribution in [3.63, 3.8) is 0 Å². The summed E-state index contributed by atoms with van der Waals surface area (Å²) in [6.07, 6.45) is -0.0536. The Bertz CT molecular complexity index is 708. The molecule has 2 aromatic rings. The molecule has 1 amide bonds. The minimum atomic E-state index is -0.490. The molecule has 4 nitrogen and oxygen atoms in total. The molecule has 1 atom stereocenters. The number of rotatable bonds is 7. The van der Waals surface area contributed by atoms with Crippen molar-refractivity contribution in [2.45, 2.75) is 19.4 Å². The van der Waals surface area contributed by atoms with Crippen molar-refractivity contribution in [1.29, 1.82) is 0 Å². The molecule has 0 saturated carbocycles. The van der Waals surface area contributed by atoms with Gasteiger partial charge in [0.15, 0.2) is 11.5 Å². The van der Waals surface area contributed by atoms with Gasteiger partial charge in [-0.25, -0.2) is 4.39 Å². The molecule has 0 heterocycles. The number of benzene rings is 2. The quantitative estimate of drug-likeness (QED) is 0.829. The zero-order valence-electron chi connectivity index (χ0n) is 13.5. The molecule has 0 aliphatic carbocycles. The van der Waals surface area contributed by atoms with E-state index in [4.69, 9.17) is 21.1 Å². The maximum atomic E-state index is 13.7. The second-order valence-electron chi connectivity index (χ2n) is 5.34. The summed E-state index contributed by atoms with van der Waals surface area (Å²) in [4.78, 5) is 12.0. The molecule has 0 radical (unpaired) electrons. The highest BCUT2D eigenvalue weighted by Gasteiger charge is 2.12. The standard InChI is InChI=1S/C18H19ClFNO3/c1-12(11-24-17-6-4-3-5-16(17)23-2)21-18(22)9-13-7-8-14(19)10-15(13)20/h3-8,10,12H,9,11H2,1-2H3,(H,21,22)/t12-/m0/s1. The second-order valence-corrected chi connectivity index (χ2v) is 5.78. The summed E-state index contributed by atoms with van der Waals surface area (Å²) in [7, 11) is 1.56. The van der Waals surface area contributed by atoms with E-state index in [0.29, 0.717) is 22.1 Å². The lowest BCUT2D eigenvalue weighted by molar-refractivity contribution is -0.121. The van der Waals surface area contributed by atoms with E-state index in [0.717, 1.165) is 0 Å². The van der Waals surface area contributed by atoms with E-state index < -0.39 is 5.82 Å². The highest BCUT2D eigenvalue weighted by molar-refractivity contribution is 6.30. The molecule has 2 rings (SSSR count). The fourth-order valence-corrected chi connectivity index (χ4v) is 2.32. The van der Waals surface area contributed by atoms with Crippen molar-refractivity contribution in [2.24, 2.45) is 0 Å². The van der Waals surface area contributed by atoms with Crippen LogP contribution in [0.4, 0.5) is 4.39 Å². The number of ether oxygens (including phenoxy) is 2. The maximum absolute atomic E-state index is 13.7. The summed E-state index contributed by atoms with van der Waals surface area (Å²) in [6.45, 7) is 2.08. The molecule has 0 aliphatic rings. The molecular weight excluding hydrogens is 333 g/mol. The molecule has 0 aromatic heterocycles. The Hall–Kier alpha value is -2.27. The van der Waals surface area contributed by atoms with Crippen LogP contribution in [0.2, 0.25) is 5.02 Å². The Morgan fingerprint density at radius 2 is 1.96 bits per heavy atom. The predicted octanol–water partition coefficient (Wildman–Crippen LogP) is 3.61. The van der Waals surface area contributed by atoms with Gasteiger partial charge in [-0.1, -0.05) is 29.8 Å². The molecule has 24 heavy (non-hydrogen) atoms. The molecule has 128 valence electrons. The van der Waals surface area contributed by atoms with Gasteiger partial charge in [-0.2, -0.15) is 0 Å². The SMILES string of the molecule is COc1ccccc1OC[C@H](C)NC(=O)Cc1ccc(Cl)cc1F. The third-order valence-electron chi connectivity index (χ3n) is 3.33. The van der Waals surface area contributed by atoms with Crippen LogP contribution in [0.1, 0.15) is 12.5 Å². The number of halogens is 2. The van der Waals surface area contributed by atoms with Crippen molar-refractivity contribution in [2.75, 3.05) is 13.7 Å². The second kappa shape index (κ2) is 8.55. The zero-order valence-corrected chi connectivity index (χ0v) is 14.3. The Morgan fingerprint density at radius 1 is 1.25 bits per heavy atom. The molecule has 0 unspecified atom stereocenters. The third kappa shape index (κ3) is 5.13. The van der Waals surface area contributed by atoms with E-state index in [2.05, 4.69) is 5.32 Å². The van der Waals surface area contributed by atoms with Crippen LogP contribution in [-0.4, -0.2) is 25.7 Å². The molecule has 0 aliphatic heterocycles. The van der Waals surface area contributed by atoms with Gasteiger partial charge >= 0.3 is 0 Å². The van der Waals surface area contributed by atoms with E-state index in [1.165, 1.54) is 12.1 Å². The molecule has 1 N–H and O–H groups in total. The van der Waals surface area contributed by atoms with Crippen molar-refractivity contribution in [3.8, 4) is 11.5 Å². The van der Waals surface area contributed by atoms with Crippen molar-refractivity contribution in [3.05, 3.63) is 58.9 Å². The van der Waals surface area contributed by atoms with Crippen LogP contribution in [0.5, 0.6) is 11.5 Å². The lowest BCUT2D eigenvalue weighted by Gasteiger charge is -2.16. The molecule has 0 spiro atoms. The Morgan fingerprint density at radius 3 is 2.62 bits per heavy atom. The van der Waals surface area contributed by atoms with Gasteiger partial charge in [-0.15, -0.1) is 0 Å². The number of hydrogen-bond donors (Lipinski definition) is 1. The average molecular weight is 352 g/mol. The largest absolute Gasteiger partial charge is 0.493 e. The number of carbonyl (C=O) groups is 1. The van der Waals surface area contributed by atoms with Crippen LogP contribution in [0, 0.1) is 5.82 Å². The monoisotopic (exact) mass is 351 g/mol. The number of methoxy groups -OCH3 is 1. The maximum Gasteiger partial charge on any atom is 0.224 e. The fraction of sp³-hybridized carbons (Fsp3) is 0.278. The van der Waals surface area contributed by atoms with Crippen LogP contribution >= 0.6 is 11.6 Å². The van der Waals surface area contributed by atoms with Gasteiger partial charge in [-0.3, -0.25) is 4.79 Å². The van der Waals surface area contributed by atoms with Crippen LogP contribution in [-0.2, 0) is 11.2 Å². The predicted molar refractivity (Wildman–Crippen MR) is 91.2 cm³/mol. The van der Waals surface area contributed by atoms with E-state index in [-0.39, 0.29) is 25.0 Å². The van der Waals surface area contributed by atoms with Gasteiger partial charge in [0, 0.05) is 5.02 Å². The summed E-state index contributed by atoms with van der Waals surface area (Å²) in [5.74, 6) is 0.451. The van der Waals surface area contributed by atoms with E-state index in [9.17, 15) is 9.18 Å². The third-order valence-corrected chi connectivity index (χ3v) is 3.57. The van der Waals surface area contributed by atoms with Gasteiger partial charge in [-0.05, 0) is 36.8 Å². The van der Waals surface area contributed by atoms with Crippen LogP contribution in [0.3, 0.4) is 0 Å². The molecule has 0 saturated heterocycles. The summed E-state index contributed by atoms with van der Waals surface area (Å²) in [6, 6.07) is 11.3. The minimum Gasteiger partial charge on any atom is -0.493 e. The van der Waals surface area contributed by atoms with Gasteiger partial charge in [0.25, 0.3) is 0 Å². The van der Waals surface area contributed by atoms with E-state index in [1.54, 1.807) is 25.3 Å². The Kier molecular flexibility index (Phi) is 6.44. The lowest BCUT2D eigenvalue weighted by atomic mass is 10.1. The number of para-hydroxylation sites is 2. The van der Waals surface area contributed by atoms with Crippen molar-refractivity contribution in [1.82, 2.24) is 5.32 Å². The van der Waals surface area contributed by atoms with Gasteiger partial charge in [0.1, 0.15) is 12.4 Å². The number of carbonyl (C=O) groups excluding carboxylic acids is 1. The summed E-state index contributed by atoms with van der Waals surface area (Å²) < 4.78 is 24.5. The first-order valence-electron chi connectivity index (χ1n) is 7.48. The van der Waals surface area contributed by atoms with Crippen molar-refractivity contribution >= 4 is 17.5 Å². The van der Waals surface area contributed by atoms with Crippen LogP contribution in [0.25, 0.3) is 0 Å². The molecule has 6 heteroatoms. The first-order chi connectivity index (χ1) is 11.5. The molecule has 0 fully saturated rings. The molecular formula is C18H19ClFNO3. The lowest BCUT2D eigenvalue weighted by Crippen LogP contribution is -2.37. The van der Waals surface area contributed by atoms with Gasteiger partial charge in [0.05, 0.1) is 19.6 Å². The smallest absolute Gasteiger partial charge is 0.224 e. The number of hydrogen-bond acceptors (Lipinski definition) is 3. The van der Waals surface area contributed by atoms with Crippen LogP contribution < -0.4 is 14.8 Å². The zero-order chi connectivity index (χ0) is 17.5.